The summed E-state index contributed by atoms with van der Waals surface area (Å²) in [5, 5.41) is 8.55. The summed E-state index contributed by atoms with van der Waals surface area (Å²) in [6, 6.07) is 18.8. The normalized spacial score (nSPS) is 10.9. The van der Waals surface area contributed by atoms with Gasteiger partial charge in [-0.15, -0.1) is 0 Å². The molecule has 0 amide bonds. The molecule has 2 aromatic rings. The standard InChI is InChI=1S/C19H20O2/c20-19(21)11-7-2-1-4-8-16-12-14-18(15-13-16)17-9-5-3-6-10-17/h3-6,8-10,12-15H,1-2,7,11H2,(H,20,21). The van der Waals surface area contributed by atoms with Gasteiger partial charge < -0.3 is 5.11 Å². The van der Waals surface area contributed by atoms with Crippen molar-refractivity contribution in [2.45, 2.75) is 25.7 Å². The minimum Gasteiger partial charge on any atom is -0.481 e. The lowest BCUT2D eigenvalue weighted by Crippen LogP contribution is -1.92. The zero-order valence-corrected chi connectivity index (χ0v) is 12.0. The number of carboxylic acid groups (broad SMARTS) is 1. The van der Waals surface area contributed by atoms with E-state index >= 15 is 0 Å². The molecule has 108 valence electrons. The fraction of sp³-hybridized carbons (Fsp3) is 0.211. The first kappa shape index (κ1) is 15.0. The molecule has 0 heterocycles. The van der Waals surface area contributed by atoms with E-state index in [1.165, 1.54) is 16.7 Å². The molecule has 0 spiro atoms. The van der Waals surface area contributed by atoms with Crippen molar-refractivity contribution in [3.8, 4) is 11.1 Å². The number of carbonyl (C=O) groups is 1. The summed E-state index contributed by atoms with van der Waals surface area (Å²) in [7, 11) is 0. The van der Waals surface area contributed by atoms with E-state index in [1.54, 1.807) is 0 Å². The summed E-state index contributed by atoms with van der Waals surface area (Å²) in [6.07, 6.45) is 7.06. The van der Waals surface area contributed by atoms with E-state index < -0.39 is 5.97 Å². The third-order valence-electron chi connectivity index (χ3n) is 3.34. The highest BCUT2D eigenvalue weighted by molar-refractivity contribution is 5.66. The molecule has 0 radical (unpaired) electrons. The third-order valence-corrected chi connectivity index (χ3v) is 3.34. The summed E-state index contributed by atoms with van der Waals surface area (Å²) < 4.78 is 0. The maximum Gasteiger partial charge on any atom is 0.303 e. The van der Waals surface area contributed by atoms with Crippen molar-refractivity contribution in [3.63, 3.8) is 0 Å². The first-order valence-corrected chi connectivity index (χ1v) is 7.29. The molecule has 2 heteroatoms. The Morgan fingerprint density at radius 3 is 2.24 bits per heavy atom. The topological polar surface area (TPSA) is 37.3 Å². The second kappa shape index (κ2) is 8.05. The summed E-state index contributed by atoms with van der Waals surface area (Å²) in [5.74, 6) is -0.713. The predicted molar refractivity (Wildman–Crippen MR) is 87.0 cm³/mol. The van der Waals surface area contributed by atoms with Gasteiger partial charge in [0.25, 0.3) is 0 Å². The van der Waals surface area contributed by atoms with Crippen LogP contribution < -0.4 is 0 Å². The molecule has 21 heavy (non-hydrogen) atoms. The van der Waals surface area contributed by atoms with Crippen LogP contribution in [0.1, 0.15) is 31.2 Å². The van der Waals surface area contributed by atoms with Crippen molar-refractivity contribution < 1.29 is 9.90 Å². The SMILES string of the molecule is O=C(O)CCCCC=Cc1ccc(-c2ccccc2)cc1. The molecule has 0 saturated carbocycles. The molecule has 0 bridgehead atoms. The molecule has 1 N–H and O–H groups in total. The van der Waals surface area contributed by atoms with Crippen LogP contribution in [-0.2, 0) is 4.79 Å². The molecule has 0 aliphatic carbocycles. The van der Waals surface area contributed by atoms with Gasteiger partial charge in [-0.25, -0.2) is 0 Å². The zero-order chi connectivity index (χ0) is 14.9. The predicted octanol–water partition coefficient (Wildman–Crippen LogP) is 5.01. The van der Waals surface area contributed by atoms with E-state index in [0.717, 1.165) is 19.3 Å². The van der Waals surface area contributed by atoms with Gasteiger partial charge in [-0.05, 0) is 36.0 Å². The van der Waals surface area contributed by atoms with Crippen LogP contribution in [0.15, 0.2) is 60.7 Å². The van der Waals surface area contributed by atoms with Crippen LogP contribution in [-0.4, -0.2) is 11.1 Å². The smallest absolute Gasteiger partial charge is 0.303 e. The lowest BCUT2D eigenvalue weighted by atomic mass is 10.0. The number of hydrogen-bond acceptors (Lipinski definition) is 1. The molecule has 0 aliphatic rings. The highest BCUT2D eigenvalue weighted by Crippen LogP contribution is 2.19. The quantitative estimate of drug-likeness (QED) is 0.724. The van der Waals surface area contributed by atoms with Crippen molar-refractivity contribution in [2.24, 2.45) is 0 Å². The van der Waals surface area contributed by atoms with Gasteiger partial charge in [-0.3, -0.25) is 4.79 Å². The Bertz CT molecular complexity index is 583. The van der Waals surface area contributed by atoms with Gasteiger partial charge in [0, 0.05) is 6.42 Å². The zero-order valence-electron chi connectivity index (χ0n) is 12.0. The Morgan fingerprint density at radius 2 is 1.57 bits per heavy atom. The molecule has 0 aliphatic heterocycles. The van der Waals surface area contributed by atoms with E-state index in [9.17, 15) is 4.79 Å². The monoisotopic (exact) mass is 280 g/mol. The Hall–Kier alpha value is -2.35. The largest absolute Gasteiger partial charge is 0.481 e. The molecule has 2 rings (SSSR count). The Labute approximate surface area is 125 Å². The highest BCUT2D eigenvalue weighted by Gasteiger charge is 1.96. The van der Waals surface area contributed by atoms with Gasteiger partial charge in [0.1, 0.15) is 0 Å². The number of rotatable bonds is 7. The first-order chi connectivity index (χ1) is 10.3. The van der Waals surface area contributed by atoms with Crippen molar-refractivity contribution in [1.29, 1.82) is 0 Å². The van der Waals surface area contributed by atoms with Gasteiger partial charge in [0.05, 0.1) is 0 Å². The number of allylic oxidation sites excluding steroid dienone is 1. The fourth-order valence-corrected chi connectivity index (χ4v) is 2.18. The number of unbranched alkanes of at least 4 members (excludes halogenated alkanes) is 2. The molecular formula is C19H20O2. The third kappa shape index (κ3) is 5.27. The minimum atomic E-state index is -0.713. The van der Waals surface area contributed by atoms with E-state index in [1.807, 2.05) is 18.2 Å². The van der Waals surface area contributed by atoms with Gasteiger partial charge in [0.15, 0.2) is 0 Å². The Morgan fingerprint density at radius 1 is 0.905 bits per heavy atom. The minimum absolute atomic E-state index is 0.264. The van der Waals surface area contributed by atoms with E-state index in [4.69, 9.17) is 5.11 Å². The average molecular weight is 280 g/mol. The van der Waals surface area contributed by atoms with Crippen LogP contribution in [0.2, 0.25) is 0 Å². The number of hydrogen-bond donors (Lipinski definition) is 1. The molecule has 0 unspecified atom stereocenters. The van der Waals surface area contributed by atoms with Crippen molar-refractivity contribution in [1.82, 2.24) is 0 Å². The molecule has 0 saturated heterocycles. The average Bonchev–Trinajstić information content (AvgIpc) is 2.52. The molecule has 0 atom stereocenters. The van der Waals surface area contributed by atoms with Gasteiger partial charge in [0.2, 0.25) is 0 Å². The molecule has 2 nitrogen and oxygen atoms in total. The number of benzene rings is 2. The Balaban J connectivity index is 1.84. The van der Waals surface area contributed by atoms with Crippen LogP contribution in [0.4, 0.5) is 0 Å². The number of aliphatic carboxylic acids is 1. The second-order valence-electron chi connectivity index (χ2n) is 5.03. The van der Waals surface area contributed by atoms with Crippen LogP contribution in [0, 0.1) is 0 Å². The van der Waals surface area contributed by atoms with Crippen LogP contribution in [0.3, 0.4) is 0 Å². The molecule has 2 aromatic carbocycles. The van der Waals surface area contributed by atoms with Crippen molar-refractivity contribution in [2.75, 3.05) is 0 Å². The van der Waals surface area contributed by atoms with Gasteiger partial charge in [-0.2, -0.15) is 0 Å². The van der Waals surface area contributed by atoms with E-state index in [-0.39, 0.29) is 6.42 Å². The second-order valence-corrected chi connectivity index (χ2v) is 5.03. The maximum atomic E-state index is 10.4. The maximum absolute atomic E-state index is 10.4. The summed E-state index contributed by atoms with van der Waals surface area (Å²) in [5.41, 5.74) is 3.61. The highest BCUT2D eigenvalue weighted by atomic mass is 16.4. The summed E-state index contributed by atoms with van der Waals surface area (Å²) in [6.45, 7) is 0. The summed E-state index contributed by atoms with van der Waals surface area (Å²) in [4.78, 5) is 10.4. The number of carboxylic acids is 1. The van der Waals surface area contributed by atoms with E-state index in [2.05, 4.69) is 48.6 Å². The summed E-state index contributed by atoms with van der Waals surface area (Å²) >= 11 is 0. The molecular weight excluding hydrogens is 260 g/mol. The fourth-order valence-electron chi connectivity index (χ4n) is 2.18. The molecule has 0 aromatic heterocycles. The molecule has 0 fully saturated rings. The van der Waals surface area contributed by atoms with Crippen molar-refractivity contribution >= 4 is 12.0 Å². The van der Waals surface area contributed by atoms with E-state index in [0.29, 0.717) is 0 Å². The van der Waals surface area contributed by atoms with Gasteiger partial charge in [-0.1, -0.05) is 66.7 Å². The van der Waals surface area contributed by atoms with Crippen molar-refractivity contribution in [3.05, 3.63) is 66.2 Å². The van der Waals surface area contributed by atoms with Crippen LogP contribution in [0.5, 0.6) is 0 Å². The van der Waals surface area contributed by atoms with Crippen LogP contribution in [0.25, 0.3) is 17.2 Å². The lowest BCUT2D eigenvalue weighted by molar-refractivity contribution is -0.137. The lowest BCUT2D eigenvalue weighted by Gasteiger charge is -2.01. The first-order valence-electron chi connectivity index (χ1n) is 7.29. The Kier molecular flexibility index (Phi) is 5.77. The van der Waals surface area contributed by atoms with Gasteiger partial charge >= 0.3 is 5.97 Å². The van der Waals surface area contributed by atoms with Crippen LogP contribution >= 0.6 is 0 Å².